The average Bonchev–Trinajstić information content (AvgIpc) is 2.60. The van der Waals surface area contributed by atoms with E-state index in [4.69, 9.17) is 10.6 Å². The standard InChI is InChI=1S/C11H14N2O2/c1-15-10-5-3-2-4-8(10)9-6-7-13(12)11(9)14/h2-5,9H,6-7,12H2,1H3. The van der Waals surface area contributed by atoms with Crippen LogP contribution >= 0.6 is 0 Å². The van der Waals surface area contributed by atoms with E-state index in [2.05, 4.69) is 0 Å². The second-order valence-electron chi connectivity index (χ2n) is 3.61. The number of hydrogen-bond acceptors (Lipinski definition) is 3. The lowest BCUT2D eigenvalue weighted by Gasteiger charge is -2.13. The third-order valence-corrected chi connectivity index (χ3v) is 2.75. The highest BCUT2D eigenvalue weighted by Crippen LogP contribution is 2.33. The summed E-state index contributed by atoms with van der Waals surface area (Å²) in [5.74, 6) is 6.12. The maximum Gasteiger partial charge on any atom is 0.244 e. The number of rotatable bonds is 2. The first-order valence-corrected chi connectivity index (χ1v) is 4.93. The van der Waals surface area contributed by atoms with Crippen LogP contribution in [0.2, 0.25) is 0 Å². The van der Waals surface area contributed by atoms with Crippen molar-refractivity contribution in [3.63, 3.8) is 0 Å². The molecule has 4 heteroatoms. The molecule has 1 aliphatic heterocycles. The fraction of sp³-hybridized carbons (Fsp3) is 0.364. The number of nitrogens with zero attached hydrogens (tertiary/aromatic N) is 1. The molecule has 1 atom stereocenters. The lowest BCUT2D eigenvalue weighted by molar-refractivity contribution is -0.129. The Bertz CT molecular complexity index is 379. The van der Waals surface area contributed by atoms with Gasteiger partial charge in [0, 0.05) is 12.1 Å². The van der Waals surface area contributed by atoms with E-state index in [1.165, 1.54) is 5.01 Å². The second-order valence-corrected chi connectivity index (χ2v) is 3.61. The quantitative estimate of drug-likeness (QED) is 0.577. The summed E-state index contributed by atoms with van der Waals surface area (Å²) in [5.41, 5.74) is 0.929. The van der Waals surface area contributed by atoms with Gasteiger partial charge in [-0.2, -0.15) is 0 Å². The molecule has 1 fully saturated rings. The molecule has 1 heterocycles. The molecule has 0 aromatic heterocycles. The predicted molar refractivity (Wildman–Crippen MR) is 56.3 cm³/mol. The highest BCUT2D eigenvalue weighted by atomic mass is 16.5. The minimum Gasteiger partial charge on any atom is -0.496 e. The Morgan fingerprint density at radius 1 is 1.47 bits per heavy atom. The average molecular weight is 206 g/mol. The summed E-state index contributed by atoms with van der Waals surface area (Å²) in [4.78, 5) is 11.7. The van der Waals surface area contributed by atoms with E-state index in [1.54, 1.807) is 7.11 Å². The molecule has 0 aliphatic carbocycles. The van der Waals surface area contributed by atoms with Crippen molar-refractivity contribution in [1.82, 2.24) is 5.01 Å². The number of nitrogens with two attached hydrogens (primary N) is 1. The predicted octanol–water partition coefficient (Wildman–Crippen LogP) is 0.885. The van der Waals surface area contributed by atoms with Crippen LogP contribution in [0.1, 0.15) is 17.9 Å². The Hall–Kier alpha value is -1.55. The molecular formula is C11H14N2O2. The van der Waals surface area contributed by atoms with Crippen molar-refractivity contribution in [3.8, 4) is 5.75 Å². The van der Waals surface area contributed by atoms with Gasteiger partial charge in [0.2, 0.25) is 5.91 Å². The van der Waals surface area contributed by atoms with E-state index in [0.717, 1.165) is 17.7 Å². The van der Waals surface area contributed by atoms with Gasteiger partial charge in [-0.15, -0.1) is 0 Å². The Kier molecular flexibility index (Phi) is 2.60. The molecule has 0 bridgehead atoms. The maximum atomic E-state index is 11.7. The summed E-state index contributed by atoms with van der Waals surface area (Å²) in [6, 6.07) is 7.58. The normalized spacial score (nSPS) is 20.8. The number of carbonyl (C=O) groups is 1. The summed E-state index contributed by atoms with van der Waals surface area (Å²) < 4.78 is 5.23. The van der Waals surface area contributed by atoms with E-state index in [9.17, 15) is 4.79 Å². The van der Waals surface area contributed by atoms with Crippen LogP contribution in [0.3, 0.4) is 0 Å². The molecule has 15 heavy (non-hydrogen) atoms. The number of ether oxygens (including phenoxy) is 1. The smallest absolute Gasteiger partial charge is 0.244 e. The van der Waals surface area contributed by atoms with Crippen LogP contribution in [0.15, 0.2) is 24.3 Å². The van der Waals surface area contributed by atoms with E-state index in [1.807, 2.05) is 24.3 Å². The minimum absolute atomic E-state index is 0.0282. The van der Waals surface area contributed by atoms with Crippen LogP contribution in [0.4, 0.5) is 0 Å². The first-order chi connectivity index (χ1) is 7.24. The first kappa shape index (κ1) is 9.98. The highest BCUT2D eigenvalue weighted by Gasteiger charge is 2.32. The molecule has 2 rings (SSSR count). The molecule has 0 spiro atoms. The number of para-hydroxylation sites is 1. The SMILES string of the molecule is COc1ccccc1C1CCN(N)C1=O. The van der Waals surface area contributed by atoms with Crippen molar-refractivity contribution in [3.05, 3.63) is 29.8 Å². The van der Waals surface area contributed by atoms with Crippen molar-refractivity contribution in [2.75, 3.05) is 13.7 Å². The lowest BCUT2D eigenvalue weighted by atomic mass is 9.97. The van der Waals surface area contributed by atoms with E-state index < -0.39 is 0 Å². The zero-order valence-electron chi connectivity index (χ0n) is 8.64. The zero-order valence-corrected chi connectivity index (χ0v) is 8.64. The number of hydrazine groups is 1. The Labute approximate surface area is 88.6 Å². The molecule has 2 N–H and O–H groups in total. The van der Waals surface area contributed by atoms with Crippen molar-refractivity contribution >= 4 is 5.91 Å². The number of benzene rings is 1. The summed E-state index contributed by atoms with van der Waals surface area (Å²) in [6.45, 7) is 0.613. The number of amides is 1. The van der Waals surface area contributed by atoms with Crippen LogP contribution in [-0.2, 0) is 4.79 Å². The molecule has 1 aromatic carbocycles. The third kappa shape index (κ3) is 1.68. The maximum absolute atomic E-state index is 11.7. The largest absolute Gasteiger partial charge is 0.496 e. The van der Waals surface area contributed by atoms with Crippen LogP contribution in [0.25, 0.3) is 0 Å². The van der Waals surface area contributed by atoms with Crippen LogP contribution in [0.5, 0.6) is 5.75 Å². The van der Waals surface area contributed by atoms with Crippen molar-refractivity contribution in [2.45, 2.75) is 12.3 Å². The molecule has 80 valence electrons. The molecule has 1 amide bonds. The number of hydrogen-bond donors (Lipinski definition) is 1. The van der Waals surface area contributed by atoms with Gasteiger partial charge < -0.3 is 4.74 Å². The topological polar surface area (TPSA) is 55.6 Å². The summed E-state index contributed by atoms with van der Waals surface area (Å²) in [5, 5.41) is 1.27. The van der Waals surface area contributed by atoms with Crippen LogP contribution < -0.4 is 10.6 Å². The molecule has 1 aliphatic rings. The summed E-state index contributed by atoms with van der Waals surface area (Å²) in [6.07, 6.45) is 0.760. The van der Waals surface area contributed by atoms with Gasteiger partial charge in [-0.1, -0.05) is 18.2 Å². The zero-order chi connectivity index (χ0) is 10.8. The van der Waals surface area contributed by atoms with Crippen LogP contribution in [-0.4, -0.2) is 24.6 Å². The van der Waals surface area contributed by atoms with Gasteiger partial charge >= 0.3 is 0 Å². The van der Waals surface area contributed by atoms with Crippen molar-refractivity contribution < 1.29 is 9.53 Å². The fourth-order valence-electron chi connectivity index (χ4n) is 1.94. The second kappa shape index (κ2) is 3.90. The molecule has 1 saturated heterocycles. The number of methoxy groups -OCH3 is 1. The minimum atomic E-state index is -0.147. The van der Waals surface area contributed by atoms with E-state index in [-0.39, 0.29) is 11.8 Å². The van der Waals surface area contributed by atoms with Gasteiger partial charge in [0.05, 0.1) is 13.0 Å². The highest BCUT2D eigenvalue weighted by molar-refractivity contribution is 5.86. The number of carbonyl (C=O) groups excluding carboxylic acids is 1. The summed E-state index contributed by atoms with van der Waals surface area (Å²) >= 11 is 0. The fourth-order valence-corrected chi connectivity index (χ4v) is 1.94. The Morgan fingerprint density at radius 3 is 2.80 bits per heavy atom. The third-order valence-electron chi connectivity index (χ3n) is 2.75. The molecule has 1 aromatic rings. The van der Waals surface area contributed by atoms with Gasteiger partial charge in [-0.25, -0.2) is 5.84 Å². The molecule has 1 unspecified atom stereocenters. The molecule has 0 saturated carbocycles. The van der Waals surface area contributed by atoms with Crippen molar-refractivity contribution in [2.24, 2.45) is 5.84 Å². The van der Waals surface area contributed by atoms with Gasteiger partial charge in [-0.3, -0.25) is 9.80 Å². The van der Waals surface area contributed by atoms with Gasteiger partial charge in [-0.05, 0) is 12.5 Å². The molecule has 4 nitrogen and oxygen atoms in total. The Balaban J connectivity index is 2.33. The molecule has 0 radical (unpaired) electrons. The van der Waals surface area contributed by atoms with Gasteiger partial charge in [0.25, 0.3) is 0 Å². The van der Waals surface area contributed by atoms with Gasteiger partial charge in [0.15, 0.2) is 0 Å². The van der Waals surface area contributed by atoms with E-state index >= 15 is 0 Å². The van der Waals surface area contributed by atoms with Crippen LogP contribution in [0, 0.1) is 0 Å². The first-order valence-electron chi connectivity index (χ1n) is 4.93. The van der Waals surface area contributed by atoms with E-state index in [0.29, 0.717) is 6.54 Å². The van der Waals surface area contributed by atoms with Crippen molar-refractivity contribution in [1.29, 1.82) is 0 Å². The van der Waals surface area contributed by atoms with Gasteiger partial charge in [0.1, 0.15) is 5.75 Å². The summed E-state index contributed by atoms with van der Waals surface area (Å²) in [7, 11) is 1.61. The Morgan fingerprint density at radius 2 is 2.20 bits per heavy atom. The molecular weight excluding hydrogens is 192 g/mol. The lowest BCUT2D eigenvalue weighted by Crippen LogP contribution is -2.33. The monoisotopic (exact) mass is 206 g/mol.